The normalized spacial score (nSPS) is 12.6. The Hall–Kier alpha value is -6.66. The zero-order valence-corrected chi connectivity index (χ0v) is 27.3. The number of fused-ring (bicyclic) bond motifs is 6. The molecule has 4 nitrogen and oxygen atoms in total. The second-order valence-electron chi connectivity index (χ2n) is 12.3. The highest BCUT2D eigenvalue weighted by atomic mass is 28.3. The third-order valence-corrected chi connectivity index (χ3v) is 14.8. The van der Waals surface area contributed by atoms with Gasteiger partial charge in [-0.2, -0.15) is 10.5 Å². The first-order chi connectivity index (χ1) is 24.2. The molecule has 0 bridgehead atoms. The van der Waals surface area contributed by atoms with E-state index in [-0.39, 0.29) is 0 Å². The van der Waals surface area contributed by atoms with E-state index in [1.165, 1.54) is 31.9 Å². The predicted octanol–water partition coefficient (Wildman–Crippen LogP) is 7.22. The fourth-order valence-electron chi connectivity index (χ4n) is 7.76. The van der Waals surface area contributed by atoms with Gasteiger partial charge in [-0.15, -0.1) is 0 Å². The first-order valence-corrected chi connectivity index (χ1v) is 18.2. The van der Waals surface area contributed by atoms with Crippen molar-refractivity contribution < 1.29 is 0 Å². The van der Waals surface area contributed by atoms with Gasteiger partial charge in [0.15, 0.2) is 8.07 Å². The molecule has 1 aliphatic heterocycles. The molecule has 5 heteroatoms. The van der Waals surface area contributed by atoms with Crippen molar-refractivity contribution in [2.24, 2.45) is 0 Å². The molecule has 0 saturated carbocycles. The highest BCUT2D eigenvalue weighted by molar-refractivity contribution is 7.22. The summed E-state index contributed by atoms with van der Waals surface area (Å²) in [6.45, 7) is 0. The molecule has 0 spiro atoms. The third-order valence-electron chi connectivity index (χ3n) is 9.91. The quantitative estimate of drug-likeness (QED) is 0.151. The lowest BCUT2D eigenvalue weighted by Crippen LogP contribution is -2.72. The van der Waals surface area contributed by atoms with Crippen molar-refractivity contribution in [3.8, 4) is 45.6 Å². The summed E-state index contributed by atoms with van der Waals surface area (Å²) in [5.41, 5.74) is 8.55. The van der Waals surface area contributed by atoms with Crippen molar-refractivity contribution in [3.05, 3.63) is 169 Å². The lowest BCUT2D eigenvalue weighted by Gasteiger charge is -2.31. The Morgan fingerprint density at radius 2 is 1.06 bits per heavy atom. The molecule has 9 rings (SSSR count). The van der Waals surface area contributed by atoms with Crippen LogP contribution >= 0.6 is 0 Å². The summed E-state index contributed by atoms with van der Waals surface area (Å²) in [7, 11) is -2.51. The average molecular weight is 639 g/mol. The summed E-state index contributed by atoms with van der Waals surface area (Å²) < 4.78 is 0. The van der Waals surface area contributed by atoms with Crippen molar-refractivity contribution >= 4 is 50.6 Å². The maximum absolute atomic E-state index is 9.94. The number of nitriles is 2. The summed E-state index contributed by atoms with van der Waals surface area (Å²) in [5.74, 6) is 0. The molecule has 0 atom stereocenters. The van der Waals surface area contributed by atoms with E-state index in [4.69, 9.17) is 4.98 Å². The molecule has 3 heterocycles. The molecule has 0 aliphatic carbocycles. The van der Waals surface area contributed by atoms with Crippen LogP contribution in [0.15, 0.2) is 158 Å². The molecule has 8 aromatic rings. The monoisotopic (exact) mass is 638 g/mol. The number of rotatable bonds is 4. The van der Waals surface area contributed by atoms with Crippen LogP contribution in [0.5, 0.6) is 0 Å². The molecule has 0 radical (unpaired) electrons. The number of nitrogens with zero attached hydrogens (tertiary/aromatic N) is 4. The van der Waals surface area contributed by atoms with Crippen LogP contribution in [0.3, 0.4) is 0 Å². The number of hydrogen-bond donors (Lipinski definition) is 0. The number of pyridine rings is 2. The van der Waals surface area contributed by atoms with Crippen LogP contribution in [0.25, 0.3) is 55.3 Å². The SMILES string of the molecule is N#Cc1c(C#N)c2ccc(-c3ccc(-c4ccc5c(c4)-c4ccccc4[Si]5(c4ccccc4)c4ccccc4)cc3)nc2c2ncccc12. The van der Waals surface area contributed by atoms with E-state index >= 15 is 0 Å². The molecule has 0 unspecified atom stereocenters. The Labute approximate surface area is 284 Å². The molecule has 0 N–H and O–H groups in total. The molecule has 226 valence electrons. The molecular weight excluding hydrogens is 613 g/mol. The van der Waals surface area contributed by atoms with Crippen LogP contribution in [0.1, 0.15) is 11.1 Å². The van der Waals surface area contributed by atoms with Gasteiger partial charge in [0.1, 0.15) is 12.1 Å². The average Bonchev–Trinajstić information content (AvgIpc) is 3.48. The van der Waals surface area contributed by atoms with Gasteiger partial charge in [-0.1, -0.05) is 121 Å². The van der Waals surface area contributed by atoms with Crippen molar-refractivity contribution in [2.45, 2.75) is 0 Å². The Morgan fingerprint density at radius 3 is 1.76 bits per heavy atom. The van der Waals surface area contributed by atoms with Gasteiger partial charge in [-0.05, 0) is 73.3 Å². The lowest BCUT2D eigenvalue weighted by atomic mass is 9.96. The van der Waals surface area contributed by atoms with Crippen molar-refractivity contribution in [1.82, 2.24) is 9.97 Å². The smallest absolute Gasteiger partial charge is 0.180 e. The Balaban J connectivity index is 1.16. The van der Waals surface area contributed by atoms with E-state index in [1.807, 2.05) is 18.2 Å². The lowest BCUT2D eigenvalue weighted by molar-refractivity contribution is 1.36. The summed E-state index contributed by atoms with van der Waals surface area (Å²) >= 11 is 0. The van der Waals surface area contributed by atoms with Crippen LogP contribution in [0.4, 0.5) is 0 Å². The van der Waals surface area contributed by atoms with Crippen LogP contribution in [0.2, 0.25) is 0 Å². The van der Waals surface area contributed by atoms with Gasteiger partial charge in [0, 0.05) is 22.5 Å². The van der Waals surface area contributed by atoms with E-state index in [0.717, 1.165) is 22.4 Å². The zero-order chi connectivity index (χ0) is 33.0. The van der Waals surface area contributed by atoms with Gasteiger partial charge >= 0.3 is 0 Å². The molecule has 6 aromatic carbocycles. The summed E-state index contributed by atoms with van der Waals surface area (Å²) in [4.78, 5) is 9.54. The molecule has 49 heavy (non-hydrogen) atoms. The number of benzene rings is 6. The molecule has 0 amide bonds. The largest absolute Gasteiger partial charge is 0.254 e. The van der Waals surface area contributed by atoms with E-state index in [2.05, 4.69) is 145 Å². The first-order valence-electron chi connectivity index (χ1n) is 16.2. The van der Waals surface area contributed by atoms with E-state index in [1.54, 1.807) is 12.3 Å². The van der Waals surface area contributed by atoms with E-state index in [0.29, 0.717) is 32.9 Å². The number of aromatic nitrogens is 2. The minimum absolute atomic E-state index is 0.331. The molecule has 2 aromatic heterocycles. The second-order valence-corrected chi connectivity index (χ2v) is 16.1. The second kappa shape index (κ2) is 11.2. The van der Waals surface area contributed by atoms with Crippen LogP contribution in [-0.4, -0.2) is 18.0 Å². The third kappa shape index (κ3) is 4.20. The fraction of sp³-hybridized carbons (Fsp3) is 0. The van der Waals surface area contributed by atoms with Gasteiger partial charge in [0.2, 0.25) is 0 Å². The van der Waals surface area contributed by atoms with Crippen molar-refractivity contribution in [3.63, 3.8) is 0 Å². The van der Waals surface area contributed by atoms with Gasteiger partial charge in [0.25, 0.3) is 0 Å². The Kier molecular flexibility index (Phi) is 6.55. The zero-order valence-electron chi connectivity index (χ0n) is 26.3. The van der Waals surface area contributed by atoms with E-state index in [9.17, 15) is 10.5 Å². The summed E-state index contributed by atoms with van der Waals surface area (Å²) in [5, 5.41) is 26.7. The van der Waals surface area contributed by atoms with E-state index < -0.39 is 8.07 Å². The maximum atomic E-state index is 9.94. The summed E-state index contributed by atoms with van der Waals surface area (Å²) in [6.07, 6.45) is 1.69. The van der Waals surface area contributed by atoms with Crippen molar-refractivity contribution in [2.75, 3.05) is 0 Å². The number of hydrogen-bond acceptors (Lipinski definition) is 4. The van der Waals surface area contributed by atoms with Gasteiger partial charge in [0.05, 0.1) is 27.9 Å². The van der Waals surface area contributed by atoms with Crippen LogP contribution in [0, 0.1) is 22.7 Å². The maximum Gasteiger partial charge on any atom is 0.180 e. The molecular formula is C44H26N4Si. The topological polar surface area (TPSA) is 73.4 Å². The van der Waals surface area contributed by atoms with Gasteiger partial charge in [-0.3, -0.25) is 4.98 Å². The van der Waals surface area contributed by atoms with Crippen LogP contribution < -0.4 is 20.7 Å². The Bertz CT molecular complexity index is 2630. The van der Waals surface area contributed by atoms with Gasteiger partial charge < -0.3 is 0 Å². The predicted molar refractivity (Wildman–Crippen MR) is 200 cm³/mol. The molecule has 1 aliphatic rings. The Morgan fingerprint density at radius 1 is 0.469 bits per heavy atom. The minimum atomic E-state index is -2.51. The van der Waals surface area contributed by atoms with Crippen molar-refractivity contribution in [1.29, 1.82) is 10.5 Å². The minimum Gasteiger partial charge on any atom is -0.254 e. The molecule has 0 saturated heterocycles. The van der Waals surface area contributed by atoms with Gasteiger partial charge in [-0.25, -0.2) is 4.98 Å². The molecule has 0 fully saturated rings. The summed E-state index contributed by atoms with van der Waals surface area (Å²) in [6, 6.07) is 58.4. The van der Waals surface area contributed by atoms with Crippen LogP contribution in [-0.2, 0) is 0 Å². The fourth-order valence-corrected chi connectivity index (χ4v) is 12.9. The standard InChI is InChI=1S/C44H26N4Si/c45-27-38-35-15-9-25-47-43(35)44-36(39(38)28-46)22-23-40(48-44)30-19-17-29(18-20-30)31-21-24-42-37(26-31)34-14-7-8-16-41(34)49(42,32-10-3-1-4-11-32)33-12-5-2-6-13-33/h1-26H. The highest BCUT2D eigenvalue weighted by Gasteiger charge is 2.48. The first kappa shape index (κ1) is 28.6. The highest BCUT2D eigenvalue weighted by Crippen LogP contribution is 2.35.